The molecular weight excluding hydrogens is 186 g/mol. The van der Waals surface area contributed by atoms with E-state index in [1.54, 1.807) is 0 Å². The van der Waals surface area contributed by atoms with E-state index in [1.165, 1.54) is 6.26 Å². The van der Waals surface area contributed by atoms with Crippen LogP contribution in [0.25, 0.3) is 0 Å². The van der Waals surface area contributed by atoms with Gasteiger partial charge in [-0.3, -0.25) is 0 Å². The Labute approximate surface area is 80.8 Å². The van der Waals surface area contributed by atoms with Crippen LogP contribution in [0.4, 0.5) is 0 Å². The Balaban J connectivity index is 2.88. The fourth-order valence-corrected chi connectivity index (χ4v) is 2.58. The maximum atomic E-state index is 11.5. The summed E-state index contributed by atoms with van der Waals surface area (Å²) in [6.45, 7) is 3.61. The molecule has 78 valence electrons. The van der Waals surface area contributed by atoms with Crippen LogP contribution in [-0.2, 0) is 9.84 Å². The fraction of sp³-hybridized carbons (Fsp3) is 1.00. The van der Waals surface area contributed by atoms with Gasteiger partial charge in [-0.1, -0.05) is 0 Å². The number of sulfone groups is 1. The molecule has 0 bridgehead atoms. The average Bonchev–Trinajstić information content (AvgIpc) is 2.69. The van der Waals surface area contributed by atoms with Crippen molar-refractivity contribution in [2.24, 2.45) is 5.92 Å². The second-order valence-electron chi connectivity index (χ2n) is 4.48. The van der Waals surface area contributed by atoms with Gasteiger partial charge in [-0.05, 0) is 39.7 Å². The van der Waals surface area contributed by atoms with Gasteiger partial charge in [0.1, 0.15) is 0 Å². The molecule has 1 aliphatic carbocycles. The molecule has 0 spiro atoms. The van der Waals surface area contributed by atoms with Crippen molar-refractivity contribution < 1.29 is 8.42 Å². The van der Waals surface area contributed by atoms with Crippen molar-refractivity contribution in [1.29, 1.82) is 0 Å². The van der Waals surface area contributed by atoms with Gasteiger partial charge in [0.2, 0.25) is 0 Å². The SMILES string of the molecule is CNC(C1CC1)C(C)(C)S(C)(=O)=O. The highest BCUT2D eigenvalue weighted by molar-refractivity contribution is 7.92. The van der Waals surface area contributed by atoms with Crippen LogP contribution >= 0.6 is 0 Å². The van der Waals surface area contributed by atoms with Crippen molar-refractivity contribution in [3.05, 3.63) is 0 Å². The summed E-state index contributed by atoms with van der Waals surface area (Å²) in [6.07, 6.45) is 3.63. The Morgan fingerprint density at radius 1 is 1.38 bits per heavy atom. The first kappa shape index (κ1) is 11.0. The molecule has 1 rings (SSSR count). The predicted octanol–water partition coefficient (Wildman–Crippen LogP) is 0.808. The smallest absolute Gasteiger partial charge is 0.154 e. The van der Waals surface area contributed by atoms with Crippen LogP contribution in [0.15, 0.2) is 0 Å². The molecule has 0 amide bonds. The highest BCUT2D eigenvalue weighted by atomic mass is 32.2. The minimum absolute atomic E-state index is 0.0995. The van der Waals surface area contributed by atoms with Gasteiger partial charge in [0.05, 0.1) is 4.75 Å². The van der Waals surface area contributed by atoms with Gasteiger partial charge in [0.15, 0.2) is 9.84 Å². The van der Waals surface area contributed by atoms with E-state index in [-0.39, 0.29) is 6.04 Å². The highest BCUT2D eigenvalue weighted by Crippen LogP contribution is 2.39. The van der Waals surface area contributed by atoms with Crippen LogP contribution in [0.5, 0.6) is 0 Å². The van der Waals surface area contributed by atoms with Crippen molar-refractivity contribution in [3.63, 3.8) is 0 Å². The molecule has 1 N–H and O–H groups in total. The third kappa shape index (κ3) is 2.05. The van der Waals surface area contributed by atoms with Gasteiger partial charge in [-0.2, -0.15) is 0 Å². The van der Waals surface area contributed by atoms with Crippen molar-refractivity contribution >= 4 is 9.84 Å². The predicted molar refractivity (Wildman–Crippen MR) is 54.5 cm³/mol. The zero-order valence-electron chi connectivity index (χ0n) is 8.79. The molecule has 1 unspecified atom stereocenters. The van der Waals surface area contributed by atoms with Gasteiger partial charge in [0.25, 0.3) is 0 Å². The summed E-state index contributed by atoms with van der Waals surface area (Å²) < 4.78 is 22.4. The lowest BCUT2D eigenvalue weighted by molar-refractivity contribution is 0.396. The molecule has 0 radical (unpaired) electrons. The van der Waals surface area contributed by atoms with Gasteiger partial charge >= 0.3 is 0 Å². The summed E-state index contributed by atoms with van der Waals surface area (Å²) in [4.78, 5) is 0. The highest BCUT2D eigenvalue weighted by Gasteiger charge is 2.45. The minimum Gasteiger partial charge on any atom is -0.315 e. The summed E-state index contributed by atoms with van der Waals surface area (Å²) in [6, 6.07) is 0.0995. The number of hydrogen-bond donors (Lipinski definition) is 1. The van der Waals surface area contributed by atoms with Gasteiger partial charge < -0.3 is 5.32 Å². The first-order valence-electron chi connectivity index (χ1n) is 4.67. The second kappa shape index (κ2) is 3.24. The zero-order valence-corrected chi connectivity index (χ0v) is 9.61. The lowest BCUT2D eigenvalue weighted by Gasteiger charge is -2.32. The molecule has 0 heterocycles. The van der Waals surface area contributed by atoms with E-state index in [9.17, 15) is 8.42 Å². The van der Waals surface area contributed by atoms with Crippen LogP contribution < -0.4 is 5.32 Å². The van der Waals surface area contributed by atoms with Crippen LogP contribution in [-0.4, -0.2) is 32.5 Å². The third-order valence-electron chi connectivity index (χ3n) is 3.11. The molecule has 0 aromatic carbocycles. The Kier molecular flexibility index (Phi) is 2.74. The second-order valence-corrected chi connectivity index (χ2v) is 7.08. The van der Waals surface area contributed by atoms with Crippen LogP contribution in [0.2, 0.25) is 0 Å². The van der Waals surface area contributed by atoms with Crippen molar-refractivity contribution in [2.75, 3.05) is 13.3 Å². The summed E-state index contributed by atoms with van der Waals surface area (Å²) in [5.41, 5.74) is 0. The molecule has 4 heteroatoms. The third-order valence-corrected chi connectivity index (χ3v) is 5.27. The van der Waals surface area contributed by atoms with Crippen molar-refractivity contribution in [3.8, 4) is 0 Å². The lowest BCUT2D eigenvalue weighted by Crippen LogP contribution is -2.51. The normalized spacial score (nSPS) is 21.5. The summed E-state index contributed by atoms with van der Waals surface area (Å²) in [5.74, 6) is 0.551. The first-order valence-corrected chi connectivity index (χ1v) is 6.56. The van der Waals surface area contributed by atoms with Crippen molar-refractivity contribution in [2.45, 2.75) is 37.5 Å². The number of hydrogen-bond acceptors (Lipinski definition) is 3. The van der Waals surface area contributed by atoms with E-state index in [4.69, 9.17) is 0 Å². The molecule has 13 heavy (non-hydrogen) atoms. The quantitative estimate of drug-likeness (QED) is 0.738. The van der Waals surface area contributed by atoms with E-state index < -0.39 is 14.6 Å². The minimum atomic E-state index is -2.98. The average molecular weight is 205 g/mol. The van der Waals surface area contributed by atoms with Crippen molar-refractivity contribution in [1.82, 2.24) is 5.32 Å². The van der Waals surface area contributed by atoms with Gasteiger partial charge in [0, 0.05) is 12.3 Å². The van der Waals surface area contributed by atoms with E-state index >= 15 is 0 Å². The molecular formula is C9H19NO2S. The van der Waals surface area contributed by atoms with Gasteiger partial charge in [-0.15, -0.1) is 0 Å². The monoisotopic (exact) mass is 205 g/mol. The Bertz CT molecular complexity index is 278. The Morgan fingerprint density at radius 3 is 2.08 bits per heavy atom. The Morgan fingerprint density at radius 2 is 1.85 bits per heavy atom. The maximum absolute atomic E-state index is 11.5. The van der Waals surface area contributed by atoms with E-state index in [0.29, 0.717) is 5.92 Å². The first-order chi connectivity index (χ1) is 5.80. The molecule has 0 aromatic heterocycles. The summed E-state index contributed by atoms with van der Waals surface area (Å²) in [5, 5.41) is 3.13. The zero-order chi connectivity index (χ0) is 10.3. The standard InChI is InChI=1S/C9H19NO2S/c1-9(2,13(4,11)12)8(10-3)7-5-6-7/h7-8,10H,5-6H2,1-4H3. The van der Waals surface area contributed by atoms with Crippen LogP contribution in [0, 0.1) is 5.92 Å². The van der Waals surface area contributed by atoms with E-state index in [1.807, 2.05) is 20.9 Å². The molecule has 1 aliphatic rings. The van der Waals surface area contributed by atoms with E-state index in [2.05, 4.69) is 5.32 Å². The molecule has 0 aliphatic heterocycles. The molecule has 1 fully saturated rings. The van der Waals surface area contributed by atoms with Crippen LogP contribution in [0.1, 0.15) is 26.7 Å². The molecule has 3 nitrogen and oxygen atoms in total. The topological polar surface area (TPSA) is 46.2 Å². The molecule has 1 saturated carbocycles. The van der Waals surface area contributed by atoms with Gasteiger partial charge in [-0.25, -0.2) is 8.42 Å². The lowest BCUT2D eigenvalue weighted by atomic mass is 9.99. The van der Waals surface area contributed by atoms with E-state index in [0.717, 1.165) is 12.8 Å². The number of rotatable bonds is 4. The molecule has 0 aromatic rings. The summed E-state index contributed by atoms with van der Waals surface area (Å²) in [7, 11) is -1.14. The summed E-state index contributed by atoms with van der Waals surface area (Å²) >= 11 is 0. The van der Waals surface area contributed by atoms with Crippen LogP contribution in [0.3, 0.4) is 0 Å². The Hall–Kier alpha value is -0.0900. The maximum Gasteiger partial charge on any atom is 0.154 e. The largest absolute Gasteiger partial charge is 0.315 e. The number of nitrogens with one attached hydrogen (secondary N) is 1. The molecule has 1 atom stereocenters. The molecule has 0 saturated heterocycles. The fourth-order valence-electron chi connectivity index (χ4n) is 1.81.